The lowest BCUT2D eigenvalue weighted by Gasteiger charge is -2.22. The number of fused-ring (bicyclic) bond motifs is 2. The first-order valence-electron chi connectivity index (χ1n) is 8.96. The third-order valence-electron chi connectivity index (χ3n) is 5.27. The third-order valence-corrected chi connectivity index (χ3v) is 5.27. The first kappa shape index (κ1) is 17.6. The Labute approximate surface area is 147 Å². The van der Waals surface area contributed by atoms with E-state index in [1.54, 1.807) is 18.2 Å². The van der Waals surface area contributed by atoms with Crippen LogP contribution in [-0.4, -0.2) is 36.7 Å². The maximum atomic E-state index is 12.4. The zero-order valence-corrected chi connectivity index (χ0v) is 14.5. The summed E-state index contributed by atoms with van der Waals surface area (Å²) < 4.78 is 10.7. The van der Waals surface area contributed by atoms with Crippen LogP contribution in [-0.2, 0) is 4.79 Å². The van der Waals surface area contributed by atoms with Crippen molar-refractivity contribution in [3.63, 3.8) is 0 Å². The summed E-state index contributed by atoms with van der Waals surface area (Å²) in [6, 6.07) is 4.83. The molecule has 3 rings (SSSR count). The van der Waals surface area contributed by atoms with Gasteiger partial charge in [-0.2, -0.15) is 0 Å². The van der Waals surface area contributed by atoms with E-state index in [0.29, 0.717) is 29.6 Å². The van der Waals surface area contributed by atoms with Gasteiger partial charge in [-0.05, 0) is 62.1 Å². The normalized spacial score (nSPS) is 24.1. The second kappa shape index (κ2) is 7.76. The van der Waals surface area contributed by atoms with Crippen molar-refractivity contribution in [1.82, 2.24) is 5.32 Å². The second-order valence-corrected chi connectivity index (χ2v) is 6.92. The molecule has 6 heteroatoms. The fourth-order valence-corrected chi connectivity index (χ4v) is 4.13. The van der Waals surface area contributed by atoms with Crippen LogP contribution in [0, 0.1) is 17.8 Å². The maximum Gasteiger partial charge on any atom is 0.341 e. The van der Waals surface area contributed by atoms with Crippen LogP contribution >= 0.6 is 0 Å². The van der Waals surface area contributed by atoms with Gasteiger partial charge in [0.15, 0.2) is 18.1 Å². The molecule has 6 nitrogen and oxygen atoms in total. The summed E-state index contributed by atoms with van der Waals surface area (Å²) in [5.74, 6) is 1.76. The first-order chi connectivity index (χ1) is 12.1. The highest BCUT2D eigenvalue weighted by molar-refractivity contribution is 5.94. The summed E-state index contributed by atoms with van der Waals surface area (Å²) in [4.78, 5) is 23.1. The maximum absolute atomic E-state index is 12.4. The molecule has 0 saturated heterocycles. The fraction of sp³-hybridized carbons (Fsp3) is 0.579. The van der Waals surface area contributed by atoms with Gasteiger partial charge in [0.05, 0.1) is 6.61 Å². The molecular formula is C19H25NO5. The number of benzene rings is 1. The molecule has 1 aromatic rings. The van der Waals surface area contributed by atoms with E-state index in [1.807, 2.05) is 6.92 Å². The molecule has 136 valence electrons. The van der Waals surface area contributed by atoms with Gasteiger partial charge in [-0.1, -0.05) is 6.42 Å². The first-order valence-corrected chi connectivity index (χ1v) is 8.96. The fourth-order valence-electron chi connectivity index (χ4n) is 4.13. The van der Waals surface area contributed by atoms with Crippen molar-refractivity contribution < 1.29 is 24.2 Å². The number of rotatable bonds is 8. The zero-order valence-electron chi connectivity index (χ0n) is 14.5. The second-order valence-electron chi connectivity index (χ2n) is 6.92. The number of carbonyl (C=O) groups is 2. The van der Waals surface area contributed by atoms with Crippen molar-refractivity contribution in [2.75, 3.05) is 19.8 Å². The van der Waals surface area contributed by atoms with Crippen molar-refractivity contribution in [3.8, 4) is 11.5 Å². The molecular weight excluding hydrogens is 322 g/mol. The van der Waals surface area contributed by atoms with Crippen LogP contribution in [0.4, 0.5) is 0 Å². The van der Waals surface area contributed by atoms with Crippen LogP contribution in [0.15, 0.2) is 18.2 Å². The number of aliphatic carboxylic acids is 1. The molecule has 2 fully saturated rings. The monoisotopic (exact) mass is 347 g/mol. The minimum absolute atomic E-state index is 0.131. The van der Waals surface area contributed by atoms with Crippen LogP contribution in [0.25, 0.3) is 0 Å². The quantitative estimate of drug-likeness (QED) is 0.755. The van der Waals surface area contributed by atoms with E-state index in [-0.39, 0.29) is 5.91 Å². The number of hydrogen-bond acceptors (Lipinski definition) is 4. The zero-order chi connectivity index (χ0) is 17.8. The number of carboxylic acids is 1. The summed E-state index contributed by atoms with van der Waals surface area (Å²) in [5, 5.41) is 11.8. The van der Waals surface area contributed by atoms with Crippen LogP contribution in [0.1, 0.15) is 43.0 Å². The molecule has 2 bridgehead atoms. The molecule has 3 atom stereocenters. The highest BCUT2D eigenvalue weighted by Gasteiger charge is 2.39. The highest BCUT2D eigenvalue weighted by atomic mass is 16.5. The Balaban J connectivity index is 1.61. The molecule has 25 heavy (non-hydrogen) atoms. The molecule has 2 aliphatic carbocycles. The van der Waals surface area contributed by atoms with Crippen molar-refractivity contribution in [1.29, 1.82) is 0 Å². The van der Waals surface area contributed by atoms with Gasteiger partial charge in [-0.3, -0.25) is 4.79 Å². The van der Waals surface area contributed by atoms with Crippen molar-refractivity contribution in [3.05, 3.63) is 23.8 Å². The molecule has 3 unspecified atom stereocenters. The van der Waals surface area contributed by atoms with E-state index in [2.05, 4.69) is 5.32 Å². The highest BCUT2D eigenvalue weighted by Crippen LogP contribution is 2.47. The Morgan fingerprint density at radius 1 is 1.20 bits per heavy atom. The van der Waals surface area contributed by atoms with Crippen molar-refractivity contribution in [2.24, 2.45) is 17.8 Å². The lowest BCUT2D eigenvalue weighted by molar-refractivity contribution is -0.139. The van der Waals surface area contributed by atoms with E-state index in [1.165, 1.54) is 25.7 Å². The Bertz CT molecular complexity index is 645. The lowest BCUT2D eigenvalue weighted by Crippen LogP contribution is -2.31. The number of carboxylic acid groups (broad SMARTS) is 1. The van der Waals surface area contributed by atoms with Gasteiger partial charge >= 0.3 is 5.97 Å². The molecule has 2 aliphatic rings. The summed E-state index contributed by atoms with van der Waals surface area (Å²) in [7, 11) is 0. The average molecular weight is 347 g/mol. The summed E-state index contributed by atoms with van der Waals surface area (Å²) in [6.45, 7) is 2.50. The molecule has 0 aliphatic heterocycles. The molecule has 2 N–H and O–H groups in total. The van der Waals surface area contributed by atoms with Crippen LogP contribution < -0.4 is 14.8 Å². The molecule has 0 heterocycles. The van der Waals surface area contributed by atoms with Gasteiger partial charge in [0.25, 0.3) is 5.91 Å². The standard InChI is InChI=1S/C19H25NO5/c1-2-24-17-9-14(5-6-16(17)25-11-18(21)22)19(23)20-10-15-8-12-3-4-13(15)7-12/h5-6,9,12-13,15H,2-4,7-8,10-11H2,1H3,(H,20,23)(H,21,22). The average Bonchev–Trinajstić information content (AvgIpc) is 3.21. The summed E-state index contributed by atoms with van der Waals surface area (Å²) in [5.41, 5.74) is 0.495. The predicted molar refractivity (Wildman–Crippen MR) is 92.0 cm³/mol. The summed E-state index contributed by atoms with van der Waals surface area (Å²) in [6.07, 6.45) is 5.21. The Hall–Kier alpha value is -2.24. The van der Waals surface area contributed by atoms with Gasteiger partial charge in [0.2, 0.25) is 0 Å². The molecule has 0 spiro atoms. The number of amides is 1. The number of nitrogens with one attached hydrogen (secondary N) is 1. The van der Waals surface area contributed by atoms with Gasteiger partial charge in [0.1, 0.15) is 0 Å². The molecule has 2 saturated carbocycles. The number of ether oxygens (including phenoxy) is 2. The minimum Gasteiger partial charge on any atom is -0.490 e. The van der Waals surface area contributed by atoms with Crippen molar-refractivity contribution in [2.45, 2.75) is 32.6 Å². The smallest absolute Gasteiger partial charge is 0.341 e. The van der Waals surface area contributed by atoms with Gasteiger partial charge in [0, 0.05) is 12.1 Å². The van der Waals surface area contributed by atoms with Gasteiger partial charge in [-0.15, -0.1) is 0 Å². The van der Waals surface area contributed by atoms with E-state index in [9.17, 15) is 9.59 Å². The van der Waals surface area contributed by atoms with E-state index in [0.717, 1.165) is 18.4 Å². The topological polar surface area (TPSA) is 84.9 Å². The Morgan fingerprint density at radius 3 is 2.68 bits per heavy atom. The van der Waals surface area contributed by atoms with Crippen LogP contribution in [0.2, 0.25) is 0 Å². The number of hydrogen-bond donors (Lipinski definition) is 2. The van der Waals surface area contributed by atoms with Crippen molar-refractivity contribution >= 4 is 11.9 Å². The molecule has 0 aromatic heterocycles. The lowest BCUT2D eigenvalue weighted by atomic mass is 9.89. The Morgan fingerprint density at radius 2 is 2.04 bits per heavy atom. The van der Waals surface area contributed by atoms with E-state index in [4.69, 9.17) is 14.6 Å². The Kier molecular flexibility index (Phi) is 5.46. The summed E-state index contributed by atoms with van der Waals surface area (Å²) >= 11 is 0. The van der Waals surface area contributed by atoms with E-state index >= 15 is 0 Å². The van der Waals surface area contributed by atoms with Gasteiger partial charge < -0.3 is 19.9 Å². The minimum atomic E-state index is -1.06. The van der Waals surface area contributed by atoms with Crippen LogP contribution in [0.3, 0.4) is 0 Å². The third kappa shape index (κ3) is 4.24. The van der Waals surface area contributed by atoms with Gasteiger partial charge in [-0.25, -0.2) is 4.79 Å². The SMILES string of the molecule is CCOc1cc(C(=O)NCC2CC3CCC2C3)ccc1OCC(=O)O. The predicted octanol–water partition coefficient (Wildman–Crippen LogP) is 2.71. The molecule has 1 amide bonds. The molecule has 0 radical (unpaired) electrons. The number of carbonyl (C=O) groups excluding carboxylic acids is 1. The molecule has 1 aromatic carbocycles. The van der Waals surface area contributed by atoms with E-state index < -0.39 is 12.6 Å². The van der Waals surface area contributed by atoms with Crippen LogP contribution in [0.5, 0.6) is 11.5 Å². The largest absolute Gasteiger partial charge is 0.490 e.